The molecule has 1 aliphatic heterocycles. The number of carbonyl (C=O) groups excluding carboxylic acids is 2. The van der Waals surface area contributed by atoms with Crippen LogP contribution in [0.25, 0.3) is 16.9 Å². The summed E-state index contributed by atoms with van der Waals surface area (Å²) in [4.78, 5) is 30.3. The van der Waals surface area contributed by atoms with E-state index in [9.17, 15) is 9.59 Å². The van der Waals surface area contributed by atoms with Crippen LogP contribution >= 0.6 is 0 Å². The van der Waals surface area contributed by atoms with Crippen molar-refractivity contribution in [2.24, 2.45) is 0 Å². The number of carbonyl (C=O) groups is 2. The smallest absolute Gasteiger partial charge is 0.321 e. The van der Waals surface area contributed by atoms with E-state index in [2.05, 4.69) is 9.88 Å². The molecule has 0 unspecified atom stereocenters. The number of methoxy groups -OCH3 is 1. The predicted molar refractivity (Wildman–Crippen MR) is 155 cm³/mol. The van der Waals surface area contributed by atoms with Crippen molar-refractivity contribution in [1.29, 1.82) is 0 Å². The maximum Gasteiger partial charge on any atom is 0.321 e. The third-order valence-electron chi connectivity index (χ3n) is 7.56. The Kier molecular flexibility index (Phi) is 7.41. The van der Waals surface area contributed by atoms with Crippen LogP contribution < -0.4 is 10.1 Å². The summed E-state index contributed by atoms with van der Waals surface area (Å²) in [5.74, 6) is 0.731. The Balaban J connectivity index is 1.37. The number of benzene rings is 3. The summed E-state index contributed by atoms with van der Waals surface area (Å²) in [6.45, 7) is 7.92. The van der Waals surface area contributed by atoms with E-state index in [1.165, 1.54) is 0 Å². The lowest BCUT2D eigenvalue weighted by molar-refractivity contribution is 0.0671. The lowest BCUT2D eigenvalue weighted by Crippen LogP contribution is -2.51. The maximum absolute atomic E-state index is 13.8. The number of nitrogens with one attached hydrogen (secondary N) is 1. The van der Waals surface area contributed by atoms with E-state index in [4.69, 9.17) is 4.74 Å². The molecule has 0 radical (unpaired) electrons. The number of amides is 3. The molecular weight excluding hydrogens is 488 g/mol. The molecule has 7 nitrogen and oxygen atoms in total. The van der Waals surface area contributed by atoms with E-state index in [-0.39, 0.29) is 11.9 Å². The molecule has 5 rings (SSSR count). The van der Waals surface area contributed by atoms with Crippen molar-refractivity contribution >= 4 is 17.6 Å². The number of para-hydroxylation sites is 1. The minimum Gasteiger partial charge on any atom is -0.497 e. The van der Waals surface area contributed by atoms with Gasteiger partial charge in [0.2, 0.25) is 0 Å². The Morgan fingerprint density at radius 2 is 1.49 bits per heavy atom. The molecule has 0 spiro atoms. The van der Waals surface area contributed by atoms with Crippen molar-refractivity contribution in [3.63, 3.8) is 0 Å². The first-order valence-corrected chi connectivity index (χ1v) is 13.2. The predicted octanol–water partition coefficient (Wildman–Crippen LogP) is 6.07. The summed E-state index contributed by atoms with van der Waals surface area (Å²) >= 11 is 0. The van der Waals surface area contributed by atoms with Crippen molar-refractivity contribution < 1.29 is 14.3 Å². The van der Waals surface area contributed by atoms with E-state index >= 15 is 0 Å². The first-order valence-electron chi connectivity index (χ1n) is 13.2. The van der Waals surface area contributed by atoms with Crippen LogP contribution in [0.5, 0.6) is 5.75 Å². The zero-order valence-corrected chi connectivity index (χ0v) is 22.9. The molecule has 3 aromatic carbocycles. The number of ether oxygens (including phenoxy) is 1. The SMILES string of the molecule is COc1cccc(-c2cc(C(=O)N3CCN(C(=O)Nc4cccc(C)c4C)CC3)c(C)n2-c2ccccc2)c1. The van der Waals surface area contributed by atoms with E-state index in [0.717, 1.165) is 45.2 Å². The fraction of sp³-hybridized carbons (Fsp3) is 0.250. The number of urea groups is 1. The van der Waals surface area contributed by atoms with Gasteiger partial charge in [0.1, 0.15) is 5.75 Å². The van der Waals surface area contributed by atoms with Crippen LogP contribution in [0.15, 0.2) is 78.9 Å². The van der Waals surface area contributed by atoms with Gasteiger partial charge in [-0.2, -0.15) is 0 Å². The van der Waals surface area contributed by atoms with E-state index in [1.807, 2.05) is 105 Å². The lowest BCUT2D eigenvalue weighted by atomic mass is 10.1. The molecule has 200 valence electrons. The molecule has 1 N–H and O–H groups in total. The monoisotopic (exact) mass is 522 g/mol. The van der Waals surface area contributed by atoms with Crippen LogP contribution in [-0.2, 0) is 0 Å². The molecule has 1 fully saturated rings. The standard InChI is InChI=1S/C32H34N4O3/c1-22-10-8-15-29(23(22)2)33-32(38)35-18-16-34(17-19-35)31(37)28-21-30(25-11-9-14-27(20-25)39-4)36(24(28)3)26-12-6-5-7-13-26/h5-15,20-21H,16-19H2,1-4H3,(H,33,38). The highest BCUT2D eigenvalue weighted by Crippen LogP contribution is 2.32. The van der Waals surface area contributed by atoms with Gasteiger partial charge in [-0.25, -0.2) is 4.79 Å². The third kappa shape index (κ3) is 5.25. The Morgan fingerprint density at radius 1 is 0.795 bits per heavy atom. The van der Waals surface area contributed by atoms with Crippen molar-refractivity contribution in [2.45, 2.75) is 20.8 Å². The molecule has 0 saturated carbocycles. The van der Waals surface area contributed by atoms with Crippen molar-refractivity contribution in [2.75, 3.05) is 38.6 Å². The highest BCUT2D eigenvalue weighted by Gasteiger charge is 2.28. The fourth-order valence-corrected chi connectivity index (χ4v) is 5.09. The van der Waals surface area contributed by atoms with Crippen molar-refractivity contribution in [3.8, 4) is 22.7 Å². The maximum atomic E-state index is 13.8. The zero-order valence-electron chi connectivity index (χ0n) is 22.9. The molecule has 1 aromatic heterocycles. The summed E-state index contributed by atoms with van der Waals surface area (Å²) < 4.78 is 7.58. The van der Waals surface area contributed by atoms with Gasteiger partial charge >= 0.3 is 6.03 Å². The number of aryl methyl sites for hydroxylation is 1. The molecule has 1 saturated heterocycles. The van der Waals surface area contributed by atoms with E-state index < -0.39 is 0 Å². The number of hydrogen-bond donors (Lipinski definition) is 1. The second kappa shape index (κ2) is 11.1. The minimum atomic E-state index is -0.137. The molecule has 0 bridgehead atoms. The van der Waals surface area contributed by atoms with Crippen LogP contribution in [0.2, 0.25) is 0 Å². The molecule has 0 atom stereocenters. The number of anilines is 1. The topological polar surface area (TPSA) is 66.8 Å². The number of piperazine rings is 1. The quantitative estimate of drug-likeness (QED) is 0.346. The largest absolute Gasteiger partial charge is 0.497 e. The third-order valence-corrected chi connectivity index (χ3v) is 7.56. The Bertz CT molecular complexity index is 1500. The molecule has 7 heteroatoms. The highest BCUT2D eigenvalue weighted by molar-refractivity contribution is 5.98. The van der Waals surface area contributed by atoms with Gasteiger partial charge in [-0.05, 0) is 68.3 Å². The number of rotatable bonds is 5. The zero-order chi connectivity index (χ0) is 27.5. The van der Waals surface area contributed by atoms with Gasteiger partial charge in [-0.1, -0.05) is 42.5 Å². The number of nitrogens with zero attached hydrogens (tertiary/aromatic N) is 3. The summed E-state index contributed by atoms with van der Waals surface area (Å²) in [6.07, 6.45) is 0. The second-order valence-electron chi connectivity index (χ2n) is 9.89. The first-order chi connectivity index (χ1) is 18.9. The molecule has 0 aliphatic carbocycles. The molecule has 2 heterocycles. The van der Waals surface area contributed by atoms with Crippen LogP contribution in [0.4, 0.5) is 10.5 Å². The van der Waals surface area contributed by atoms with Gasteiger partial charge < -0.3 is 24.4 Å². The summed E-state index contributed by atoms with van der Waals surface area (Å²) in [7, 11) is 1.65. The van der Waals surface area contributed by atoms with Gasteiger partial charge in [-0.3, -0.25) is 4.79 Å². The fourth-order valence-electron chi connectivity index (χ4n) is 5.09. The van der Waals surface area contributed by atoms with Gasteiger partial charge in [0.15, 0.2) is 0 Å². The number of aromatic nitrogens is 1. The molecule has 4 aromatic rings. The lowest BCUT2D eigenvalue weighted by Gasteiger charge is -2.35. The average Bonchev–Trinajstić information content (AvgIpc) is 3.32. The summed E-state index contributed by atoms with van der Waals surface area (Å²) in [5.41, 5.74) is 7.42. The second-order valence-corrected chi connectivity index (χ2v) is 9.89. The van der Waals surface area contributed by atoms with Gasteiger partial charge in [0.05, 0.1) is 18.4 Å². The van der Waals surface area contributed by atoms with Gasteiger partial charge in [-0.15, -0.1) is 0 Å². The Labute approximate surface area is 229 Å². The normalized spacial score (nSPS) is 13.3. The molecule has 3 amide bonds. The Hall–Kier alpha value is -4.52. The first kappa shape index (κ1) is 26.1. The van der Waals surface area contributed by atoms with Crippen LogP contribution in [0.1, 0.15) is 27.2 Å². The van der Waals surface area contributed by atoms with Crippen LogP contribution in [0.3, 0.4) is 0 Å². The van der Waals surface area contributed by atoms with E-state index in [0.29, 0.717) is 31.7 Å². The molecular formula is C32H34N4O3. The van der Waals surface area contributed by atoms with Crippen molar-refractivity contribution in [1.82, 2.24) is 14.4 Å². The Morgan fingerprint density at radius 3 is 2.21 bits per heavy atom. The summed E-state index contributed by atoms with van der Waals surface area (Å²) in [6, 6.07) is 25.6. The van der Waals surface area contributed by atoms with E-state index in [1.54, 1.807) is 12.0 Å². The molecule has 39 heavy (non-hydrogen) atoms. The summed E-state index contributed by atoms with van der Waals surface area (Å²) in [5, 5.41) is 3.03. The minimum absolute atomic E-state index is 0.0269. The highest BCUT2D eigenvalue weighted by atomic mass is 16.5. The van der Waals surface area contributed by atoms with Crippen LogP contribution in [0, 0.1) is 20.8 Å². The average molecular weight is 523 g/mol. The molecule has 1 aliphatic rings. The number of hydrogen-bond acceptors (Lipinski definition) is 3. The van der Waals surface area contributed by atoms with Gasteiger partial charge in [0.25, 0.3) is 5.91 Å². The van der Waals surface area contributed by atoms with Gasteiger partial charge in [0, 0.05) is 48.8 Å². The van der Waals surface area contributed by atoms with Crippen LogP contribution in [-0.4, -0.2) is 59.6 Å². The van der Waals surface area contributed by atoms with Crippen molar-refractivity contribution in [3.05, 3.63) is 101 Å².